The molecular formula is C24H29NOS. The van der Waals surface area contributed by atoms with Crippen LogP contribution in [0.5, 0.6) is 11.5 Å². The van der Waals surface area contributed by atoms with Crippen LogP contribution >= 0.6 is 11.8 Å². The van der Waals surface area contributed by atoms with E-state index in [2.05, 4.69) is 60.3 Å². The zero-order chi connectivity index (χ0) is 18.9. The van der Waals surface area contributed by atoms with Gasteiger partial charge < -0.3 is 9.64 Å². The molecule has 2 aromatic carbocycles. The van der Waals surface area contributed by atoms with E-state index in [1.165, 1.54) is 42.8 Å². The van der Waals surface area contributed by atoms with Crippen molar-refractivity contribution in [2.24, 2.45) is 0 Å². The molecule has 27 heavy (non-hydrogen) atoms. The van der Waals surface area contributed by atoms with Crippen LogP contribution in [-0.2, 0) is 6.42 Å². The van der Waals surface area contributed by atoms with E-state index in [0.29, 0.717) is 0 Å². The maximum absolute atomic E-state index is 6.10. The lowest BCUT2D eigenvalue weighted by atomic mass is 10.1. The van der Waals surface area contributed by atoms with E-state index < -0.39 is 0 Å². The summed E-state index contributed by atoms with van der Waals surface area (Å²) in [5.74, 6) is 8.48. The van der Waals surface area contributed by atoms with E-state index in [-0.39, 0.29) is 0 Å². The molecule has 1 heterocycles. The summed E-state index contributed by atoms with van der Waals surface area (Å²) < 4.78 is 6.10. The second-order valence-corrected chi connectivity index (χ2v) is 7.79. The van der Waals surface area contributed by atoms with Gasteiger partial charge in [0.15, 0.2) is 0 Å². The van der Waals surface area contributed by atoms with Crippen LogP contribution in [0.15, 0.2) is 47.4 Å². The number of rotatable bonds is 6. The van der Waals surface area contributed by atoms with Crippen molar-refractivity contribution in [1.82, 2.24) is 4.90 Å². The van der Waals surface area contributed by atoms with Crippen LogP contribution in [0.3, 0.4) is 0 Å². The normalized spacial score (nSPS) is 14.4. The molecule has 0 spiro atoms. The first-order valence-electron chi connectivity index (χ1n) is 9.94. The molecule has 3 rings (SSSR count). The Kier molecular flexibility index (Phi) is 7.68. The largest absolute Gasteiger partial charge is 0.457 e. The van der Waals surface area contributed by atoms with Crippen molar-refractivity contribution in [3.8, 4) is 23.3 Å². The van der Waals surface area contributed by atoms with E-state index in [9.17, 15) is 0 Å². The molecular weight excluding hydrogens is 350 g/mol. The van der Waals surface area contributed by atoms with Crippen LogP contribution in [0.2, 0.25) is 0 Å². The summed E-state index contributed by atoms with van der Waals surface area (Å²) in [6.45, 7) is 5.74. The first-order valence-corrected chi connectivity index (χ1v) is 11.2. The zero-order valence-electron chi connectivity index (χ0n) is 16.5. The number of benzene rings is 2. The number of aryl methyl sites for hydroxylation is 1. The van der Waals surface area contributed by atoms with Gasteiger partial charge in [-0.25, -0.2) is 0 Å². The van der Waals surface area contributed by atoms with Crippen molar-refractivity contribution in [3.05, 3.63) is 53.6 Å². The highest BCUT2D eigenvalue weighted by Gasteiger charge is 2.08. The van der Waals surface area contributed by atoms with Gasteiger partial charge in [0.1, 0.15) is 11.5 Å². The minimum Gasteiger partial charge on any atom is -0.457 e. The topological polar surface area (TPSA) is 12.5 Å². The predicted molar refractivity (Wildman–Crippen MR) is 116 cm³/mol. The van der Waals surface area contributed by atoms with Gasteiger partial charge in [-0.15, -0.1) is 11.8 Å². The number of thioether (sulfide) groups is 1. The summed E-state index contributed by atoms with van der Waals surface area (Å²) in [5.41, 5.74) is 2.28. The average Bonchev–Trinajstić information content (AvgIpc) is 2.73. The Morgan fingerprint density at radius 1 is 1.04 bits per heavy atom. The molecule has 2 nitrogen and oxygen atoms in total. The first kappa shape index (κ1) is 19.9. The van der Waals surface area contributed by atoms with E-state index in [1.54, 1.807) is 11.8 Å². The molecule has 0 aliphatic carbocycles. The smallest absolute Gasteiger partial charge is 0.130 e. The van der Waals surface area contributed by atoms with E-state index >= 15 is 0 Å². The maximum Gasteiger partial charge on any atom is 0.130 e. The van der Waals surface area contributed by atoms with Gasteiger partial charge in [0.05, 0.1) is 0 Å². The van der Waals surface area contributed by atoms with Crippen LogP contribution < -0.4 is 4.74 Å². The zero-order valence-corrected chi connectivity index (χ0v) is 17.3. The lowest BCUT2D eigenvalue weighted by Crippen LogP contribution is -2.30. The number of nitrogens with zero attached hydrogens (tertiary/aromatic N) is 1. The van der Waals surface area contributed by atoms with Gasteiger partial charge in [0.2, 0.25) is 0 Å². The summed E-state index contributed by atoms with van der Waals surface area (Å²) >= 11 is 1.74. The molecule has 1 fully saturated rings. The molecule has 0 N–H and O–H groups in total. The Hall–Kier alpha value is -1.89. The lowest BCUT2D eigenvalue weighted by molar-refractivity contribution is 0.234. The molecule has 0 aromatic heterocycles. The van der Waals surface area contributed by atoms with Gasteiger partial charge in [-0.1, -0.05) is 25.2 Å². The van der Waals surface area contributed by atoms with Crippen molar-refractivity contribution in [3.63, 3.8) is 0 Å². The van der Waals surface area contributed by atoms with Crippen molar-refractivity contribution in [2.45, 2.75) is 43.9 Å². The number of likely N-dealkylation sites (tertiary alicyclic amines) is 1. The van der Waals surface area contributed by atoms with Crippen molar-refractivity contribution in [1.29, 1.82) is 0 Å². The molecule has 0 bridgehead atoms. The maximum atomic E-state index is 6.10. The number of hydrogen-bond donors (Lipinski definition) is 0. The Morgan fingerprint density at radius 3 is 2.52 bits per heavy atom. The Bertz CT molecular complexity index is 782. The Labute approximate surface area is 168 Å². The Balaban J connectivity index is 1.60. The van der Waals surface area contributed by atoms with Gasteiger partial charge in [0.25, 0.3) is 0 Å². The van der Waals surface area contributed by atoms with Crippen LogP contribution in [0.4, 0.5) is 0 Å². The highest BCUT2D eigenvalue weighted by Crippen LogP contribution is 2.28. The summed E-state index contributed by atoms with van der Waals surface area (Å²) in [7, 11) is 0. The fourth-order valence-corrected chi connectivity index (χ4v) is 3.77. The summed E-state index contributed by atoms with van der Waals surface area (Å²) in [6, 6.07) is 14.5. The average molecular weight is 380 g/mol. The van der Waals surface area contributed by atoms with E-state index in [1.807, 2.05) is 12.1 Å². The number of piperidine rings is 1. The highest BCUT2D eigenvalue weighted by molar-refractivity contribution is 7.98. The fourth-order valence-electron chi connectivity index (χ4n) is 3.37. The second kappa shape index (κ2) is 10.4. The highest BCUT2D eigenvalue weighted by atomic mass is 32.2. The third-order valence-electron chi connectivity index (χ3n) is 4.96. The van der Waals surface area contributed by atoms with Gasteiger partial charge in [-0.05, 0) is 86.6 Å². The van der Waals surface area contributed by atoms with Crippen LogP contribution in [-0.4, -0.2) is 30.8 Å². The quantitative estimate of drug-likeness (QED) is 0.452. The third-order valence-corrected chi connectivity index (χ3v) is 5.71. The van der Waals surface area contributed by atoms with Gasteiger partial charge in [0, 0.05) is 23.4 Å². The minimum absolute atomic E-state index is 0.878. The molecule has 3 heteroatoms. The predicted octanol–water partition coefficient (Wildman–Crippen LogP) is 5.99. The van der Waals surface area contributed by atoms with Gasteiger partial charge in [-0.2, -0.15) is 0 Å². The number of ether oxygens (including phenoxy) is 1. The molecule has 142 valence electrons. The lowest BCUT2D eigenvalue weighted by Gasteiger charge is -2.25. The fraction of sp³-hybridized carbons (Fsp3) is 0.417. The van der Waals surface area contributed by atoms with Crippen molar-refractivity contribution < 1.29 is 4.74 Å². The number of hydrogen-bond acceptors (Lipinski definition) is 3. The SMILES string of the molecule is CCc1cc(C#CCCN2CCCCC2)ccc1Oc1ccc(SC)cc1. The molecule has 1 saturated heterocycles. The monoisotopic (exact) mass is 379 g/mol. The molecule has 1 aliphatic heterocycles. The van der Waals surface area contributed by atoms with Crippen LogP contribution in [0.25, 0.3) is 0 Å². The summed E-state index contributed by atoms with van der Waals surface area (Å²) in [6.07, 6.45) is 8.03. The van der Waals surface area contributed by atoms with Gasteiger partial charge >= 0.3 is 0 Å². The Morgan fingerprint density at radius 2 is 1.81 bits per heavy atom. The molecule has 0 unspecified atom stereocenters. The summed E-state index contributed by atoms with van der Waals surface area (Å²) in [4.78, 5) is 3.78. The third kappa shape index (κ3) is 6.06. The van der Waals surface area contributed by atoms with Crippen LogP contribution in [0, 0.1) is 11.8 Å². The molecule has 1 aliphatic rings. The minimum atomic E-state index is 0.878. The van der Waals surface area contributed by atoms with Crippen LogP contribution in [0.1, 0.15) is 43.7 Å². The van der Waals surface area contributed by atoms with E-state index in [0.717, 1.165) is 36.4 Å². The molecule has 2 aromatic rings. The summed E-state index contributed by atoms with van der Waals surface area (Å²) in [5, 5.41) is 0. The van der Waals surface area contributed by atoms with Crippen molar-refractivity contribution in [2.75, 3.05) is 25.9 Å². The standard InChI is InChI=1S/C24H29NOS/c1-3-21-19-20(9-5-8-18-25-16-6-4-7-17-25)10-15-24(21)26-22-11-13-23(27-2)14-12-22/h10-15,19H,3-4,6-8,16-18H2,1-2H3. The molecule has 0 saturated carbocycles. The molecule has 0 radical (unpaired) electrons. The molecule has 0 amide bonds. The van der Waals surface area contributed by atoms with E-state index in [4.69, 9.17) is 4.74 Å². The van der Waals surface area contributed by atoms with Gasteiger partial charge in [-0.3, -0.25) is 0 Å². The van der Waals surface area contributed by atoms with Crippen molar-refractivity contribution >= 4 is 11.8 Å². The first-order chi connectivity index (χ1) is 13.3. The second-order valence-electron chi connectivity index (χ2n) is 6.91. The molecule has 0 atom stereocenters.